The van der Waals surface area contributed by atoms with Gasteiger partial charge >= 0.3 is 0 Å². The molecule has 0 heterocycles. The van der Waals surface area contributed by atoms with Gasteiger partial charge in [0.05, 0.1) is 11.0 Å². The molecule has 1 aromatic rings. The second-order valence-corrected chi connectivity index (χ2v) is 3.22. The van der Waals surface area contributed by atoms with Gasteiger partial charge in [-0.1, -0.05) is 0 Å². The summed E-state index contributed by atoms with van der Waals surface area (Å²) >= 11 is 3.27. The highest BCUT2D eigenvalue weighted by atomic mass is 79.9. The van der Waals surface area contributed by atoms with Crippen molar-refractivity contribution < 1.29 is 24.8 Å². The Morgan fingerprint density at radius 1 is 1.60 bits per heavy atom. The van der Waals surface area contributed by atoms with Gasteiger partial charge < -0.3 is 20.4 Å². The van der Waals surface area contributed by atoms with E-state index in [0.29, 0.717) is 12.3 Å². The Hall–Kier alpha value is -1.14. The number of halogens is 2. The van der Waals surface area contributed by atoms with Crippen LogP contribution in [-0.4, -0.2) is 13.3 Å². The maximum absolute atomic E-state index is 11.8. The zero-order chi connectivity index (χ0) is 11.7. The normalized spacial score (nSPS) is 8.73. The number of carbonyl (C=O) groups is 1. The fourth-order valence-electron chi connectivity index (χ4n) is 0.876. The van der Waals surface area contributed by atoms with Gasteiger partial charge in [-0.05, 0) is 34.1 Å². The molecule has 0 saturated carbocycles. The monoisotopic (exact) mass is 279 g/mol. The summed E-state index contributed by atoms with van der Waals surface area (Å²) in [5.41, 5.74) is 4.83. The molecule has 0 spiro atoms. The molecule has 0 unspecified atom stereocenters. The number of quaternary nitrogens is 1. The average Bonchev–Trinajstić information content (AvgIpc) is 2.22. The smallest absolute Gasteiger partial charge is 0.228 e. The van der Waals surface area contributed by atoms with Gasteiger partial charge in [0.15, 0.2) is 0 Å². The molecule has 0 fully saturated rings. The van der Waals surface area contributed by atoms with Crippen molar-refractivity contribution in [1.29, 1.82) is 0 Å². The molecule has 6 heteroatoms. The van der Waals surface area contributed by atoms with Gasteiger partial charge in [0.1, 0.15) is 5.75 Å². The van der Waals surface area contributed by atoms with Crippen LogP contribution in [0.4, 0.5) is 4.39 Å². The van der Waals surface area contributed by atoms with E-state index in [2.05, 4.69) is 21.7 Å². The lowest BCUT2D eigenvalue weighted by atomic mass is 10.2. The average molecular weight is 280 g/mol. The Bertz CT molecular complexity index is 309. The first kappa shape index (κ1) is 13.9. The van der Waals surface area contributed by atoms with E-state index in [1.807, 2.05) is 12.1 Å². The summed E-state index contributed by atoms with van der Waals surface area (Å²) in [5.74, 6) is 0.523. The zero-order valence-electron chi connectivity index (χ0n) is 7.91. The Labute approximate surface area is 95.0 Å². The number of benzene rings is 1. The van der Waals surface area contributed by atoms with E-state index in [9.17, 15) is 4.39 Å². The minimum absolute atomic E-state index is 0.500. The highest BCUT2D eigenvalue weighted by molar-refractivity contribution is 9.10. The first-order chi connectivity index (χ1) is 7.19. The maximum Gasteiger partial charge on any atom is 0.228 e. The zero-order valence-corrected chi connectivity index (χ0v) is 9.50. The van der Waals surface area contributed by atoms with E-state index in [0.717, 1.165) is 10.0 Å². The van der Waals surface area contributed by atoms with E-state index >= 15 is 0 Å². The third kappa shape index (κ3) is 5.34. The summed E-state index contributed by atoms with van der Waals surface area (Å²) < 4.78 is 17.3. The second-order valence-electron chi connectivity index (χ2n) is 2.36. The van der Waals surface area contributed by atoms with E-state index in [-0.39, 0.29) is 0 Å². The van der Waals surface area contributed by atoms with Crippen LogP contribution in [0.1, 0.15) is 5.56 Å². The molecule has 15 heavy (non-hydrogen) atoms. The van der Waals surface area contributed by atoms with Crippen molar-refractivity contribution in [2.75, 3.05) is 6.86 Å². The molecule has 4 nitrogen and oxygen atoms in total. The first-order valence-corrected chi connectivity index (χ1v) is 4.81. The van der Waals surface area contributed by atoms with Crippen molar-refractivity contribution in [2.24, 2.45) is 0 Å². The summed E-state index contributed by atoms with van der Waals surface area (Å²) in [6.45, 7) is -0.586. The van der Waals surface area contributed by atoms with Crippen molar-refractivity contribution in [3.8, 4) is 5.75 Å². The van der Waals surface area contributed by atoms with Gasteiger partial charge in [-0.3, -0.25) is 0 Å². The Morgan fingerprint density at radius 3 is 2.60 bits per heavy atom. The van der Waals surface area contributed by atoms with Crippen LogP contribution in [0, 0.1) is 0 Å². The van der Waals surface area contributed by atoms with Crippen LogP contribution in [0.15, 0.2) is 22.7 Å². The van der Waals surface area contributed by atoms with Crippen LogP contribution in [0.25, 0.3) is 0 Å². The number of ether oxygens (including phenoxy) is 1. The summed E-state index contributed by atoms with van der Waals surface area (Å²) in [4.78, 5) is 8.25. The Balaban J connectivity index is 0.000000583. The molecule has 0 aromatic heterocycles. The second kappa shape index (κ2) is 8.19. The highest BCUT2D eigenvalue weighted by Crippen LogP contribution is 2.25. The quantitative estimate of drug-likeness (QED) is 0.783. The number of carbonyl (C=O) groups excluding carboxylic acids is 1. The standard InChI is InChI=1S/C8H9BrFNO.CH2O2/c9-7-3-6(4-11)1-2-8(7)12-5-10;2-1-3/h1-3H,4-5,11H2;1H,(H,2,3). The SMILES string of the molecule is O=C[O-].[NH3+]Cc1ccc(OCF)c(Br)c1. The van der Waals surface area contributed by atoms with Gasteiger partial charge in [0.25, 0.3) is 0 Å². The molecule has 0 radical (unpaired) electrons. The van der Waals surface area contributed by atoms with Crippen molar-refractivity contribution >= 4 is 22.4 Å². The minimum Gasteiger partial charge on any atom is -0.554 e. The van der Waals surface area contributed by atoms with Gasteiger partial charge in [0.2, 0.25) is 6.86 Å². The molecule has 0 atom stereocenters. The van der Waals surface area contributed by atoms with Gasteiger partial charge in [0, 0.05) is 12.0 Å². The molecule has 1 rings (SSSR count). The first-order valence-electron chi connectivity index (χ1n) is 4.01. The van der Waals surface area contributed by atoms with Gasteiger partial charge in [-0.2, -0.15) is 0 Å². The molecule has 0 bridgehead atoms. The molecule has 3 N–H and O–H groups in total. The van der Waals surface area contributed by atoms with Crippen molar-refractivity contribution in [3.05, 3.63) is 28.2 Å². The lowest BCUT2D eigenvalue weighted by molar-refractivity contribution is -0.386. The van der Waals surface area contributed by atoms with Crippen molar-refractivity contribution in [3.63, 3.8) is 0 Å². The van der Waals surface area contributed by atoms with Gasteiger partial charge in [-0.15, -0.1) is 0 Å². The summed E-state index contributed by atoms with van der Waals surface area (Å²) in [5, 5.41) is 8.25. The molecule has 0 aliphatic heterocycles. The highest BCUT2D eigenvalue weighted by Gasteiger charge is 2.01. The fraction of sp³-hybridized carbons (Fsp3) is 0.222. The molecule has 84 valence electrons. The third-order valence-electron chi connectivity index (χ3n) is 1.50. The van der Waals surface area contributed by atoms with Gasteiger partial charge in [-0.25, -0.2) is 4.39 Å². The summed E-state index contributed by atoms with van der Waals surface area (Å²) in [6, 6.07) is 5.46. The Morgan fingerprint density at radius 2 is 2.20 bits per heavy atom. The fourth-order valence-corrected chi connectivity index (χ4v) is 1.42. The number of rotatable bonds is 3. The minimum atomic E-state index is -0.803. The number of carboxylic acid groups (broad SMARTS) is 1. The molecule has 1 aromatic carbocycles. The molecular weight excluding hydrogens is 269 g/mol. The molecule has 0 saturated heterocycles. The third-order valence-corrected chi connectivity index (χ3v) is 2.11. The topological polar surface area (TPSA) is 77.0 Å². The maximum atomic E-state index is 11.8. The molecule has 0 aliphatic carbocycles. The molecule has 0 amide bonds. The van der Waals surface area contributed by atoms with E-state index in [4.69, 9.17) is 14.6 Å². The number of hydrogen-bond acceptors (Lipinski definition) is 3. The lowest BCUT2D eigenvalue weighted by Crippen LogP contribution is -2.47. The van der Waals surface area contributed by atoms with E-state index < -0.39 is 13.3 Å². The number of hydrogen-bond donors (Lipinski definition) is 1. The summed E-state index contributed by atoms with van der Waals surface area (Å²) in [7, 11) is 0. The van der Waals surface area contributed by atoms with Crippen molar-refractivity contribution in [1.82, 2.24) is 0 Å². The van der Waals surface area contributed by atoms with Crippen LogP contribution in [0.3, 0.4) is 0 Å². The van der Waals surface area contributed by atoms with Crippen LogP contribution in [-0.2, 0) is 11.3 Å². The van der Waals surface area contributed by atoms with Crippen LogP contribution in [0.2, 0.25) is 0 Å². The van der Waals surface area contributed by atoms with E-state index in [1.165, 1.54) is 0 Å². The predicted octanol–water partition coefficient (Wildman–Crippen LogP) is -0.137. The largest absolute Gasteiger partial charge is 0.554 e. The molecular formula is C9H11BrFNO3. The van der Waals surface area contributed by atoms with Crippen LogP contribution < -0.4 is 15.6 Å². The van der Waals surface area contributed by atoms with Crippen molar-refractivity contribution in [2.45, 2.75) is 6.54 Å². The lowest BCUT2D eigenvalue weighted by Gasteiger charge is -2.04. The number of alkyl halides is 1. The van der Waals surface area contributed by atoms with Crippen LogP contribution in [0.5, 0.6) is 5.75 Å². The summed E-state index contributed by atoms with van der Waals surface area (Å²) in [6.07, 6.45) is 0. The predicted molar refractivity (Wildman–Crippen MR) is 53.4 cm³/mol. The Kier molecular flexibility index (Phi) is 7.57. The molecule has 0 aliphatic rings. The van der Waals surface area contributed by atoms with E-state index in [1.54, 1.807) is 6.07 Å². The van der Waals surface area contributed by atoms with Crippen LogP contribution >= 0.6 is 15.9 Å².